The third-order valence-electron chi connectivity index (χ3n) is 4.25. The molecule has 1 N–H and O–H groups in total. The highest BCUT2D eigenvalue weighted by Gasteiger charge is 2.17. The van der Waals surface area contributed by atoms with Crippen LogP contribution >= 0.6 is 0 Å². The number of carbonyl (C=O) groups is 3. The highest BCUT2D eigenvalue weighted by atomic mass is 16.5. The van der Waals surface area contributed by atoms with Crippen LogP contribution in [0.4, 0.5) is 5.69 Å². The molecule has 2 aromatic carbocycles. The number of esters is 1. The SMILES string of the molecule is CC(C)c1cccc(C(C)C)c1NC(=O)COC(=O)c1ccc(C=O)cc1. The number of hydrogen-bond donors (Lipinski definition) is 1. The van der Waals surface area contributed by atoms with E-state index in [1.165, 1.54) is 24.3 Å². The first kappa shape index (κ1) is 20.4. The average Bonchev–Trinajstić information content (AvgIpc) is 2.65. The normalized spacial score (nSPS) is 10.7. The van der Waals surface area contributed by atoms with Gasteiger partial charge in [-0.05, 0) is 35.1 Å². The molecule has 0 radical (unpaired) electrons. The van der Waals surface area contributed by atoms with Gasteiger partial charge in [0.15, 0.2) is 6.61 Å². The number of amides is 1. The molecule has 142 valence electrons. The maximum Gasteiger partial charge on any atom is 0.338 e. The molecule has 0 fully saturated rings. The summed E-state index contributed by atoms with van der Waals surface area (Å²) in [6.45, 7) is 7.89. The molecule has 0 aromatic heterocycles. The van der Waals surface area contributed by atoms with Crippen LogP contribution in [0, 0.1) is 0 Å². The van der Waals surface area contributed by atoms with E-state index >= 15 is 0 Å². The van der Waals surface area contributed by atoms with Crippen molar-refractivity contribution in [3.05, 3.63) is 64.7 Å². The zero-order valence-electron chi connectivity index (χ0n) is 16.1. The number of benzene rings is 2. The number of anilines is 1. The Kier molecular flexibility index (Phi) is 6.88. The number of rotatable bonds is 7. The van der Waals surface area contributed by atoms with Gasteiger partial charge in [-0.3, -0.25) is 9.59 Å². The van der Waals surface area contributed by atoms with E-state index < -0.39 is 5.97 Å². The van der Waals surface area contributed by atoms with Gasteiger partial charge < -0.3 is 10.1 Å². The van der Waals surface area contributed by atoms with Crippen LogP contribution in [0.15, 0.2) is 42.5 Å². The van der Waals surface area contributed by atoms with Crippen molar-refractivity contribution in [2.75, 3.05) is 11.9 Å². The van der Waals surface area contributed by atoms with E-state index in [2.05, 4.69) is 33.0 Å². The van der Waals surface area contributed by atoms with Crippen molar-refractivity contribution >= 4 is 23.9 Å². The molecule has 0 aliphatic carbocycles. The van der Waals surface area contributed by atoms with Gasteiger partial charge in [0, 0.05) is 11.3 Å². The first-order valence-electron chi connectivity index (χ1n) is 8.98. The van der Waals surface area contributed by atoms with Crippen molar-refractivity contribution in [2.45, 2.75) is 39.5 Å². The first-order chi connectivity index (χ1) is 12.8. The van der Waals surface area contributed by atoms with Gasteiger partial charge in [-0.15, -0.1) is 0 Å². The third kappa shape index (κ3) is 5.26. The Hall–Kier alpha value is -2.95. The molecule has 27 heavy (non-hydrogen) atoms. The van der Waals surface area contributed by atoms with Crippen molar-refractivity contribution in [3.63, 3.8) is 0 Å². The second-order valence-electron chi connectivity index (χ2n) is 6.99. The predicted molar refractivity (Wildman–Crippen MR) is 105 cm³/mol. The van der Waals surface area contributed by atoms with Gasteiger partial charge in [-0.2, -0.15) is 0 Å². The second kappa shape index (κ2) is 9.12. The van der Waals surface area contributed by atoms with Gasteiger partial charge in [-0.25, -0.2) is 4.79 Å². The molecule has 0 saturated carbocycles. The minimum Gasteiger partial charge on any atom is -0.452 e. The molecule has 0 heterocycles. The monoisotopic (exact) mass is 367 g/mol. The summed E-state index contributed by atoms with van der Waals surface area (Å²) in [4.78, 5) is 35.1. The summed E-state index contributed by atoms with van der Waals surface area (Å²) in [5, 5.41) is 2.90. The van der Waals surface area contributed by atoms with Crippen LogP contribution in [0.5, 0.6) is 0 Å². The highest BCUT2D eigenvalue weighted by Crippen LogP contribution is 2.32. The van der Waals surface area contributed by atoms with Crippen molar-refractivity contribution in [2.24, 2.45) is 0 Å². The molecule has 0 aliphatic rings. The lowest BCUT2D eigenvalue weighted by atomic mass is 9.92. The average molecular weight is 367 g/mol. The summed E-state index contributed by atoms with van der Waals surface area (Å²) in [6, 6.07) is 12.0. The molecule has 2 rings (SSSR count). The second-order valence-corrected chi connectivity index (χ2v) is 6.99. The van der Waals surface area contributed by atoms with Crippen LogP contribution in [-0.4, -0.2) is 24.8 Å². The summed E-state index contributed by atoms with van der Waals surface area (Å²) in [5.41, 5.74) is 3.64. The lowest BCUT2D eigenvalue weighted by Gasteiger charge is -2.20. The molecule has 0 aliphatic heterocycles. The number of ether oxygens (including phenoxy) is 1. The summed E-state index contributed by atoms with van der Waals surface area (Å²) in [6.07, 6.45) is 0.695. The molecule has 5 nitrogen and oxygen atoms in total. The summed E-state index contributed by atoms with van der Waals surface area (Å²) in [5.74, 6) is -0.498. The third-order valence-corrected chi connectivity index (χ3v) is 4.25. The summed E-state index contributed by atoms with van der Waals surface area (Å²) in [7, 11) is 0. The lowest BCUT2D eigenvalue weighted by Crippen LogP contribution is -2.22. The number of carbonyl (C=O) groups excluding carboxylic acids is 3. The molecule has 0 bridgehead atoms. The number of aldehydes is 1. The minimum atomic E-state index is -0.608. The topological polar surface area (TPSA) is 72.5 Å². The maximum absolute atomic E-state index is 12.4. The molecular weight excluding hydrogens is 342 g/mol. The largest absolute Gasteiger partial charge is 0.452 e. The van der Waals surface area contributed by atoms with E-state index in [4.69, 9.17) is 4.74 Å². The van der Waals surface area contributed by atoms with Gasteiger partial charge in [0.05, 0.1) is 5.56 Å². The predicted octanol–water partition coefficient (Wildman–Crippen LogP) is 4.54. The fraction of sp³-hybridized carbons (Fsp3) is 0.318. The van der Waals surface area contributed by atoms with Crippen molar-refractivity contribution < 1.29 is 19.1 Å². The fourth-order valence-electron chi connectivity index (χ4n) is 2.78. The van der Waals surface area contributed by atoms with Gasteiger partial charge in [0.2, 0.25) is 0 Å². The Bertz CT molecular complexity index is 796. The van der Waals surface area contributed by atoms with Crippen LogP contribution in [0.25, 0.3) is 0 Å². The van der Waals surface area contributed by atoms with E-state index in [1.54, 1.807) is 0 Å². The van der Waals surface area contributed by atoms with Crippen LogP contribution in [0.2, 0.25) is 0 Å². The summed E-state index contributed by atoms with van der Waals surface area (Å²) >= 11 is 0. The van der Waals surface area contributed by atoms with Crippen molar-refractivity contribution in [3.8, 4) is 0 Å². The Morgan fingerprint density at radius 1 is 0.963 bits per heavy atom. The van der Waals surface area contributed by atoms with Crippen LogP contribution in [0.1, 0.15) is 71.4 Å². The highest BCUT2D eigenvalue weighted by molar-refractivity contribution is 5.96. The smallest absolute Gasteiger partial charge is 0.338 e. The number of para-hydroxylation sites is 1. The van der Waals surface area contributed by atoms with Crippen LogP contribution in [-0.2, 0) is 9.53 Å². The Morgan fingerprint density at radius 3 is 2.00 bits per heavy atom. The lowest BCUT2D eigenvalue weighted by molar-refractivity contribution is -0.119. The Balaban J connectivity index is 2.07. The number of hydrogen-bond acceptors (Lipinski definition) is 4. The van der Waals surface area contributed by atoms with Gasteiger partial charge >= 0.3 is 5.97 Å². The zero-order chi connectivity index (χ0) is 20.0. The standard InChI is InChI=1S/C22H25NO4/c1-14(2)18-6-5-7-19(15(3)4)21(18)23-20(25)13-27-22(26)17-10-8-16(12-24)9-11-17/h5-12,14-15H,13H2,1-4H3,(H,23,25). The van der Waals surface area contributed by atoms with E-state index in [-0.39, 0.29) is 24.3 Å². The first-order valence-corrected chi connectivity index (χ1v) is 8.98. The van der Waals surface area contributed by atoms with E-state index in [9.17, 15) is 14.4 Å². The van der Waals surface area contributed by atoms with Gasteiger partial charge in [-0.1, -0.05) is 58.0 Å². The molecule has 0 unspecified atom stereocenters. The van der Waals surface area contributed by atoms with Crippen molar-refractivity contribution in [1.29, 1.82) is 0 Å². The van der Waals surface area contributed by atoms with Crippen LogP contribution in [0.3, 0.4) is 0 Å². The molecule has 5 heteroatoms. The van der Waals surface area contributed by atoms with E-state index in [0.717, 1.165) is 16.8 Å². The van der Waals surface area contributed by atoms with Crippen LogP contribution < -0.4 is 5.32 Å². The van der Waals surface area contributed by atoms with Gasteiger partial charge in [0.25, 0.3) is 5.91 Å². The molecular formula is C22H25NO4. The quantitative estimate of drug-likeness (QED) is 0.576. The van der Waals surface area contributed by atoms with E-state index in [1.807, 2.05) is 18.2 Å². The Labute approximate surface area is 159 Å². The molecule has 1 amide bonds. The number of nitrogens with one attached hydrogen (secondary N) is 1. The molecule has 0 atom stereocenters. The van der Waals surface area contributed by atoms with Gasteiger partial charge in [0.1, 0.15) is 6.29 Å². The molecule has 2 aromatic rings. The van der Waals surface area contributed by atoms with E-state index in [0.29, 0.717) is 17.4 Å². The fourth-order valence-corrected chi connectivity index (χ4v) is 2.78. The molecule has 0 spiro atoms. The zero-order valence-corrected chi connectivity index (χ0v) is 16.1. The maximum atomic E-state index is 12.4. The molecule has 0 saturated heterocycles. The van der Waals surface area contributed by atoms with Crippen molar-refractivity contribution in [1.82, 2.24) is 0 Å². The minimum absolute atomic E-state index is 0.248. The summed E-state index contributed by atoms with van der Waals surface area (Å²) < 4.78 is 5.10. The Morgan fingerprint density at radius 2 is 1.52 bits per heavy atom.